The molecule has 3 heterocycles. The molecule has 0 saturated carbocycles. The lowest BCUT2D eigenvalue weighted by atomic mass is 9.95. The molecule has 2 aliphatic rings. The maximum absolute atomic E-state index is 13.0. The normalized spacial score (nSPS) is 18.5. The Bertz CT molecular complexity index is 884. The van der Waals surface area contributed by atoms with Gasteiger partial charge in [0.25, 0.3) is 0 Å². The van der Waals surface area contributed by atoms with Gasteiger partial charge in [-0.25, -0.2) is 0 Å². The highest BCUT2D eigenvalue weighted by Gasteiger charge is 2.31. The average Bonchev–Trinajstić information content (AvgIpc) is 2.84. The molecule has 0 aliphatic carbocycles. The number of benzene rings is 1. The van der Waals surface area contributed by atoms with Gasteiger partial charge in [0, 0.05) is 70.2 Å². The smallest absolute Gasteiger partial charge is 0.246 e. The molecule has 31 heavy (non-hydrogen) atoms. The number of amides is 2. The third-order valence-corrected chi connectivity index (χ3v) is 6.21. The van der Waals surface area contributed by atoms with Gasteiger partial charge in [-0.3, -0.25) is 19.5 Å². The van der Waals surface area contributed by atoms with Gasteiger partial charge in [0.2, 0.25) is 11.8 Å². The minimum absolute atomic E-state index is 0.0273. The van der Waals surface area contributed by atoms with E-state index in [1.807, 2.05) is 70.7 Å². The first kappa shape index (κ1) is 21.2. The summed E-state index contributed by atoms with van der Waals surface area (Å²) >= 11 is 0. The fourth-order valence-corrected chi connectivity index (χ4v) is 4.31. The molecule has 0 radical (unpaired) electrons. The number of carbonyl (C=O) groups excluding carboxylic acids is 2. The Kier molecular flexibility index (Phi) is 7.10. The Balaban J connectivity index is 1.21. The van der Waals surface area contributed by atoms with Crippen LogP contribution in [0.3, 0.4) is 0 Å². The van der Waals surface area contributed by atoms with E-state index in [1.165, 1.54) is 5.56 Å². The second kappa shape index (κ2) is 10.4. The first-order valence-corrected chi connectivity index (χ1v) is 11.1. The van der Waals surface area contributed by atoms with Crippen molar-refractivity contribution in [1.29, 1.82) is 0 Å². The second-order valence-corrected chi connectivity index (χ2v) is 8.30. The van der Waals surface area contributed by atoms with Gasteiger partial charge in [-0.2, -0.15) is 0 Å². The zero-order valence-corrected chi connectivity index (χ0v) is 17.9. The van der Waals surface area contributed by atoms with Crippen LogP contribution in [0.1, 0.15) is 24.0 Å². The fraction of sp³-hybridized carbons (Fsp3) is 0.400. The minimum Gasteiger partial charge on any atom is -0.340 e. The molecule has 2 fully saturated rings. The molecule has 0 atom stereocenters. The molecular weight excluding hydrogens is 388 g/mol. The molecule has 6 nitrogen and oxygen atoms in total. The zero-order chi connectivity index (χ0) is 21.5. The Labute approximate surface area is 184 Å². The number of piperazine rings is 1. The van der Waals surface area contributed by atoms with Gasteiger partial charge >= 0.3 is 0 Å². The lowest BCUT2D eigenvalue weighted by molar-refractivity contribution is -0.141. The molecule has 2 amide bonds. The number of rotatable bonds is 5. The minimum atomic E-state index is 0.0273. The molecule has 2 aliphatic heterocycles. The number of nitrogens with zero attached hydrogens (tertiary/aromatic N) is 4. The number of likely N-dealkylation sites (tertiary alicyclic amines) is 1. The van der Waals surface area contributed by atoms with E-state index < -0.39 is 0 Å². The van der Waals surface area contributed by atoms with E-state index in [1.54, 1.807) is 6.08 Å². The number of hydrogen-bond acceptors (Lipinski definition) is 4. The van der Waals surface area contributed by atoms with Crippen molar-refractivity contribution in [2.45, 2.75) is 19.4 Å². The summed E-state index contributed by atoms with van der Waals surface area (Å²) in [6.07, 6.45) is 8.64. The van der Waals surface area contributed by atoms with E-state index in [2.05, 4.69) is 9.88 Å². The Hall–Kier alpha value is -2.99. The van der Waals surface area contributed by atoms with Crippen LogP contribution in [0.5, 0.6) is 0 Å². The highest BCUT2D eigenvalue weighted by atomic mass is 16.2. The third-order valence-electron chi connectivity index (χ3n) is 6.21. The Morgan fingerprint density at radius 2 is 1.55 bits per heavy atom. The molecule has 0 unspecified atom stereocenters. The second-order valence-electron chi connectivity index (χ2n) is 8.30. The molecular formula is C25H30N4O2. The number of pyridine rings is 1. The molecule has 162 valence electrons. The number of aromatic nitrogens is 1. The molecule has 2 aromatic rings. The average molecular weight is 419 g/mol. The standard InChI is InChI=1S/C25H30N4O2/c30-24(7-6-21-4-2-1-3-5-21)28-14-10-23(11-15-28)25(31)29-18-16-27(17-19-29)20-22-8-12-26-13-9-22/h1-9,12-13,23H,10-11,14-20H2/b7-6+. The summed E-state index contributed by atoms with van der Waals surface area (Å²) < 4.78 is 0. The summed E-state index contributed by atoms with van der Waals surface area (Å²) in [5.74, 6) is 0.323. The maximum Gasteiger partial charge on any atom is 0.246 e. The summed E-state index contributed by atoms with van der Waals surface area (Å²) in [6, 6.07) is 13.9. The predicted molar refractivity (Wildman–Crippen MR) is 121 cm³/mol. The first-order valence-electron chi connectivity index (χ1n) is 11.1. The molecule has 1 aromatic heterocycles. The van der Waals surface area contributed by atoms with Gasteiger partial charge in [-0.05, 0) is 42.2 Å². The van der Waals surface area contributed by atoms with Gasteiger partial charge in [-0.1, -0.05) is 30.3 Å². The van der Waals surface area contributed by atoms with Gasteiger partial charge in [0.1, 0.15) is 0 Å². The van der Waals surface area contributed by atoms with Crippen molar-refractivity contribution in [2.24, 2.45) is 5.92 Å². The SMILES string of the molecule is O=C(/C=C/c1ccccc1)N1CCC(C(=O)N2CCN(Cc3ccncc3)CC2)CC1. The molecule has 1 aromatic carbocycles. The Morgan fingerprint density at radius 1 is 0.871 bits per heavy atom. The van der Waals surface area contributed by atoms with Crippen molar-refractivity contribution in [3.63, 3.8) is 0 Å². The summed E-state index contributed by atoms with van der Waals surface area (Å²) in [5, 5.41) is 0. The maximum atomic E-state index is 13.0. The number of piperidine rings is 1. The van der Waals surface area contributed by atoms with E-state index in [9.17, 15) is 9.59 Å². The van der Waals surface area contributed by atoms with E-state index in [-0.39, 0.29) is 17.7 Å². The molecule has 0 N–H and O–H groups in total. The molecule has 4 rings (SSSR count). The van der Waals surface area contributed by atoms with Crippen LogP contribution in [0, 0.1) is 5.92 Å². The van der Waals surface area contributed by atoms with Crippen LogP contribution in [0.2, 0.25) is 0 Å². The topological polar surface area (TPSA) is 56.8 Å². The van der Waals surface area contributed by atoms with Crippen molar-refractivity contribution < 1.29 is 9.59 Å². The van der Waals surface area contributed by atoms with E-state index in [0.717, 1.165) is 51.1 Å². The van der Waals surface area contributed by atoms with Crippen molar-refractivity contribution in [1.82, 2.24) is 19.7 Å². The molecule has 0 bridgehead atoms. The van der Waals surface area contributed by atoms with Gasteiger partial charge < -0.3 is 9.80 Å². The van der Waals surface area contributed by atoms with E-state index >= 15 is 0 Å². The van der Waals surface area contributed by atoms with Crippen molar-refractivity contribution in [2.75, 3.05) is 39.3 Å². The van der Waals surface area contributed by atoms with Crippen molar-refractivity contribution in [3.8, 4) is 0 Å². The first-order chi connectivity index (χ1) is 15.2. The van der Waals surface area contributed by atoms with Crippen molar-refractivity contribution in [3.05, 3.63) is 72.1 Å². The van der Waals surface area contributed by atoms with Crippen LogP contribution >= 0.6 is 0 Å². The monoisotopic (exact) mass is 418 g/mol. The van der Waals surface area contributed by atoms with Crippen LogP contribution < -0.4 is 0 Å². The van der Waals surface area contributed by atoms with Gasteiger partial charge in [0.15, 0.2) is 0 Å². The summed E-state index contributed by atoms with van der Waals surface area (Å²) in [7, 11) is 0. The fourth-order valence-electron chi connectivity index (χ4n) is 4.31. The summed E-state index contributed by atoms with van der Waals surface area (Å²) in [4.78, 5) is 35.8. The van der Waals surface area contributed by atoms with Crippen LogP contribution in [0.4, 0.5) is 0 Å². The highest BCUT2D eigenvalue weighted by molar-refractivity contribution is 5.92. The van der Waals surface area contributed by atoms with Crippen LogP contribution in [-0.2, 0) is 16.1 Å². The molecule has 2 saturated heterocycles. The quantitative estimate of drug-likeness (QED) is 0.701. The van der Waals surface area contributed by atoms with Gasteiger partial charge in [-0.15, -0.1) is 0 Å². The van der Waals surface area contributed by atoms with Crippen molar-refractivity contribution >= 4 is 17.9 Å². The lowest BCUT2D eigenvalue weighted by Crippen LogP contribution is -2.51. The third kappa shape index (κ3) is 5.79. The van der Waals surface area contributed by atoms with E-state index in [4.69, 9.17) is 0 Å². The largest absolute Gasteiger partial charge is 0.340 e. The molecule has 0 spiro atoms. The highest BCUT2D eigenvalue weighted by Crippen LogP contribution is 2.21. The van der Waals surface area contributed by atoms with Crippen LogP contribution in [0.25, 0.3) is 6.08 Å². The zero-order valence-electron chi connectivity index (χ0n) is 17.9. The lowest BCUT2D eigenvalue weighted by Gasteiger charge is -2.38. The van der Waals surface area contributed by atoms with E-state index in [0.29, 0.717) is 13.1 Å². The van der Waals surface area contributed by atoms with Crippen LogP contribution in [0.15, 0.2) is 60.9 Å². The Morgan fingerprint density at radius 3 is 2.23 bits per heavy atom. The number of carbonyl (C=O) groups is 2. The molecule has 6 heteroatoms. The van der Waals surface area contributed by atoms with Gasteiger partial charge in [0.05, 0.1) is 0 Å². The number of hydrogen-bond donors (Lipinski definition) is 0. The van der Waals surface area contributed by atoms with Crippen LogP contribution in [-0.4, -0.2) is 70.8 Å². The summed E-state index contributed by atoms with van der Waals surface area (Å²) in [6.45, 7) is 5.56. The summed E-state index contributed by atoms with van der Waals surface area (Å²) in [5.41, 5.74) is 2.28. The predicted octanol–water partition coefficient (Wildman–Crippen LogP) is 2.68.